The molecule has 2 aromatic heterocycles. The van der Waals surface area contributed by atoms with Crippen LogP contribution < -0.4 is 15.5 Å². The molecule has 1 aliphatic carbocycles. The first-order chi connectivity index (χ1) is 24.6. The number of rotatable bonds is 8. The van der Waals surface area contributed by atoms with Gasteiger partial charge in [-0.2, -0.15) is 0 Å². The number of carbonyl (C=O) groups excluding carboxylic acids is 2. The lowest BCUT2D eigenvalue weighted by molar-refractivity contribution is -0.127. The zero-order valence-electron chi connectivity index (χ0n) is 30.7. The molecule has 2 saturated heterocycles. The van der Waals surface area contributed by atoms with Crippen LogP contribution in [0, 0.1) is 6.92 Å². The first kappa shape index (κ1) is 33.8. The normalized spacial score (nSPS) is 21.8. The number of piperidine rings is 1. The highest BCUT2D eigenvalue weighted by atomic mass is 16.5. The summed E-state index contributed by atoms with van der Waals surface area (Å²) in [6.45, 7) is 13.7. The largest absolute Gasteiger partial charge is 0.381 e. The van der Waals surface area contributed by atoms with Crippen molar-refractivity contribution in [1.82, 2.24) is 24.8 Å². The van der Waals surface area contributed by atoms with Crippen LogP contribution in [0.15, 0.2) is 48.8 Å². The zero-order valence-corrected chi connectivity index (χ0v) is 30.7. The minimum Gasteiger partial charge on any atom is -0.381 e. The third-order valence-electron chi connectivity index (χ3n) is 11.7. The van der Waals surface area contributed by atoms with Crippen LogP contribution in [0.25, 0.3) is 22.3 Å². The Balaban J connectivity index is 1.18. The second kappa shape index (κ2) is 13.4. The van der Waals surface area contributed by atoms with Crippen LogP contribution in [0.4, 0.5) is 17.2 Å². The lowest BCUT2D eigenvalue weighted by Gasteiger charge is -2.48. The van der Waals surface area contributed by atoms with E-state index in [0.29, 0.717) is 30.6 Å². The summed E-state index contributed by atoms with van der Waals surface area (Å²) in [5.74, 6) is 0.821. The van der Waals surface area contributed by atoms with Gasteiger partial charge in [0.15, 0.2) is 5.82 Å². The molecule has 0 atom stereocenters. The quantitative estimate of drug-likeness (QED) is 0.200. The molecule has 3 fully saturated rings. The van der Waals surface area contributed by atoms with Crippen molar-refractivity contribution in [3.8, 4) is 11.3 Å². The number of imidazole rings is 1. The van der Waals surface area contributed by atoms with E-state index in [1.165, 1.54) is 32.4 Å². The minimum absolute atomic E-state index is 0.0344. The fraction of sp³-hybridized carbons (Fsp3) is 0.512. The van der Waals surface area contributed by atoms with Crippen LogP contribution in [0.3, 0.4) is 0 Å². The summed E-state index contributed by atoms with van der Waals surface area (Å²) >= 11 is 0. The first-order valence-electron chi connectivity index (χ1n) is 19.0. The Morgan fingerprint density at radius 2 is 1.73 bits per heavy atom. The van der Waals surface area contributed by atoms with Gasteiger partial charge >= 0.3 is 0 Å². The lowest BCUT2D eigenvalue weighted by atomic mass is 9.75. The van der Waals surface area contributed by atoms with Crippen molar-refractivity contribution < 1.29 is 14.3 Å². The molecule has 2 amide bonds. The molecule has 4 aromatic rings. The molecular weight excluding hydrogens is 638 g/mol. The maximum absolute atomic E-state index is 14.6. The summed E-state index contributed by atoms with van der Waals surface area (Å²) < 4.78 is 7.91. The van der Waals surface area contributed by atoms with Crippen molar-refractivity contribution in [2.75, 3.05) is 36.5 Å². The number of carbonyl (C=O) groups is 2. The summed E-state index contributed by atoms with van der Waals surface area (Å²) in [7, 11) is 0. The number of fused-ring (bicyclic) bond motifs is 3. The van der Waals surface area contributed by atoms with Crippen LogP contribution in [-0.2, 0) is 14.9 Å². The van der Waals surface area contributed by atoms with Gasteiger partial charge in [0, 0.05) is 59.9 Å². The molecule has 3 aliphatic heterocycles. The smallest absolute Gasteiger partial charge is 0.251 e. The fourth-order valence-corrected chi connectivity index (χ4v) is 8.77. The Labute approximate surface area is 301 Å². The summed E-state index contributed by atoms with van der Waals surface area (Å²) in [4.78, 5) is 42.5. The van der Waals surface area contributed by atoms with E-state index < -0.39 is 5.41 Å². The molecule has 2 N–H and O–H groups in total. The summed E-state index contributed by atoms with van der Waals surface area (Å²) in [5, 5.41) is 6.59. The highest BCUT2D eigenvalue weighted by Crippen LogP contribution is 2.52. The molecule has 1 saturated carbocycles. The molecule has 0 bridgehead atoms. The Bertz CT molecular complexity index is 1970. The second-order valence-corrected chi connectivity index (χ2v) is 15.7. The molecule has 10 heteroatoms. The first-order valence-corrected chi connectivity index (χ1v) is 19.0. The van der Waals surface area contributed by atoms with E-state index in [1.807, 2.05) is 45.3 Å². The van der Waals surface area contributed by atoms with Gasteiger partial charge in [-0.25, -0.2) is 9.97 Å². The van der Waals surface area contributed by atoms with E-state index in [9.17, 15) is 9.59 Å². The van der Waals surface area contributed by atoms with Crippen molar-refractivity contribution in [2.45, 2.75) is 109 Å². The zero-order chi connectivity index (χ0) is 35.4. The molecule has 51 heavy (non-hydrogen) atoms. The van der Waals surface area contributed by atoms with E-state index in [4.69, 9.17) is 14.7 Å². The van der Waals surface area contributed by atoms with E-state index in [2.05, 4.69) is 63.1 Å². The van der Waals surface area contributed by atoms with Crippen molar-refractivity contribution >= 4 is 40.0 Å². The average Bonchev–Trinajstić information content (AvgIpc) is 3.63. The molecule has 8 rings (SSSR count). The predicted molar refractivity (Wildman–Crippen MR) is 202 cm³/mol. The van der Waals surface area contributed by atoms with Crippen molar-refractivity contribution in [2.24, 2.45) is 0 Å². The van der Waals surface area contributed by atoms with Gasteiger partial charge < -0.3 is 29.7 Å². The van der Waals surface area contributed by atoms with Gasteiger partial charge in [-0.1, -0.05) is 24.6 Å². The highest BCUT2D eigenvalue weighted by molar-refractivity contribution is 6.09. The number of hydrogen-bond acceptors (Lipinski definition) is 7. The number of ether oxygens (including phenoxy) is 1. The van der Waals surface area contributed by atoms with Gasteiger partial charge in [0.25, 0.3) is 5.91 Å². The van der Waals surface area contributed by atoms with Crippen molar-refractivity contribution in [1.29, 1.82) is 0 Å². The van der Waals surface area contributed by atoms with Crippen LogP contribution in [0.2, 0.25) is 0 Å². The monoisotopic (exact) mass is 689 g/mol. The van der Waals surface area contributed by atoms with E-state index in [-0.39, 0.29) is 29.9 Å². The van der Waals surface area contributed by atoms with Gasteiger partial charge in [0.1, 0.15) is 5.52 Å². The van der Waals surface area contributed by atoms with Crippen LogP contribution in [0.1, 0.15) is 100 Å². The molecule has 1 spiro atoms. The average molecular weight is 690 g/mol. The van der Waals surface area contributed by atoms with Crippen LogP contribution in [-0.4, -0.2) is 75.7 Å². The number of amides is 2. The summed E-state index contributed by atoms with van der Waals surface area (Å²) in [5.41, 5.74) is 7.43. The van der Waals surface area contributed by atoms with E-state index in [1.54, 1.807) is 0 Å². The second-order valence-electron chi connectivity index (χ2n) is 15.7. The van der Waals surface area contributed by atoms with Gasteiger partial charge in [-0.15, -0.1) is 0 Å². The van der Waals surface area contributed by atoms with Gasteiger partial charge in [-0.3, -0.25) is 9.59 Å². The molecule has 0 unspecified atom stereocenters. The maximum atomic E-state index is 14.6. The SMILES string of the molecule is Cc1ccc(Nc2nc(-c3ccc4c(c3)N(C3CC(N5CCCCC5)C3)C(=O)C43CCOCC3)cc3ncn(C(C)C)c23)cc1C(=O)NC(C)C. The number of benzene rings is 2. The third kappa shape index (κ3) is 6.00. The number of anilines is 3. The van der Waals surface area contributed by atoms with Gasteiger partial charge in [-0.05, 0) is 122 Å². The molecule has 0 radical (unpaired) electrons. The van der Waals surface area contributed by atoms with Gasteiger partial charge in [0.05, 0.1) is 23.0 Å². The summed E-state index contributed by atoms with van der Waals surface area (Å²) in [6.07, 6.45) is 9.25. The Kier molecular flexibility index (Phi) is 8.87. The highest BCUT2D eigenvalue weighted by Gasteiger charge is 2.55. The van der Waals surface area contributed by atoms with Crippen LogP contribution >= 0.6 is 0 Å². The minimum atomic E-state index is -0.520. The Morgan fingerprint density at radius 1 is 0.961 bits per heavy atom. The number of pyridine rings is 1. The molecule has 268 valence electrons. The fourth-order valence-electron chi connectivity index (χ4n) is 8.77. The third-order valence-corrected chi connectivity index (χ3v) is 11.7. The number of likely N-dealkylation sites (tertiary alicyclic amines) is 1. The van der Waals surface area contributed by atoms with Gasteiger partial charge in [0.2, 0.25) is 5.91 Å². The molecule has 10 nitrogen and oxygen atoms in total. The van der Waals surface area contributed by atoms with E-state index >= 15 is 0 Å². The van der Waals surface area contributed by atoms with Crippen molar-refractivity contribution in [3.05, 3.63) is 65.5 Å². The Morgan fingerprint density at radius 3 is 2.45 bits per heavy atom. The molecule has 4 aliphatic rings. The standard InChI is InChI=1S/C41H51N7O3/c1-25(2)43-39(49)32-20-29(11-9-27(32)5)44-38-37-35(42-24-47(37)26(3)4)23-34(45-38)28-10-12-33-36(19-28)48(40(50)41(33)13-17-51-18-14-41)31-21-30(22-31)46-15-7-6-8-16-46/h9-12,19-20,23-26,30-31H,6-8,13-18,21-22H2,1-5H3,(H,43,49)(H,44,45). The number of nitrogens with zero attached hydrogens (tertiary/aromatic N) is 5. The lowest BCUT2D eigenvalue weighted by Crippen LogP contribution is -2.57. The number of aromatic nitrogens is 3. The van der Waals surface area contributed by atoms with Crippen molar-refractivity contribution in [3.63, 3.8) is 0 Å². The molecule has 5 heterocycles. The van der Waals surface area contributed by atoms with E-state index in [0.717, 1.165) is 70.5 Å². The number of aryl methyl sites for hydroxylation is 1. The maximum Gasteiger partial charge on any atom is 0.251 e. The Hall–Kier alpha value is -4.28. The molecular formula is C41H51N7O3. The molecule has 2 aromatic carbocycles. The topological polar surface area (TPSA) is 105 Å². The predicted octanol–water partition coefficient (Wildman–Crippen LogP) is 7.28. The van der Waals surface area contributed by atoms with Crippen LogP contribution in [0.5, 0.6) is 0 Å². The number of nitrogens with one attached hydrogen (secondary N) is 2. The number of hydrogen-bond donors (Lipinski definition) is 2. The summed E-state index contributed by atoms with van der Waals surface area (Å²) in [6, 6.07) is 15.4.